The largest absolute Gasteiger partial charge is 0.398 e. The average molecular weight is 304 g/mol. The van der Waals surface area contributed by atoms with Gasteiger partial charge in [0.05, 0.1) is 17.9 Å². The van der Waals surface area contributed by atoms with Crippen LogP contribution in [0.25, 0.3) is 0 Å². The zero-order chi connectivity index (χ0) is 15.1. The first-order chi connectivity index (χ1) is 10.0. The van der Waals surface area contributed by atoms with Gasteiger partial charge < -0.3 is 20.6 Å². The van der Waals surface area contributed by atoms with Gasteiger partial charge in [-0.15, -0.1) is 0 Å². The number of anilines is 2. The molecule has 5 nitrogen and oxygen atoms in total. The third-order valence-electron chi connectivity index (χ3n) is 4.12. The smallest absolute Gasteiger partial charge is 0.105 e. The Labute approximate surface area is 128 Å². The molecular formula is C15H18ClN5. The van der Waals surface area contributed by atoms with Gasteiger partial charge in [0, 0.05) is 48.2 Å². The topological polar surface area (TPSA) is 70.9 Å². The molecule has 0 radical (unpaired) electrons. The Morgan fingerprint density at radius 1 is 1.43 bits per heavy atom. The van der Waals surface area contributed by atoms with Crippen molar-refractivity contribution in [3.63, 3.8) is 0 Å². The number of benzene rings is 1. The van der Waals surface area contributed by atoms with Gasteiger partial charge in [0.25, 0.3) is 0 Å². The summed E-state index contributed by atoms with van der Waals surface area (Å²) < 4.78 is 2.12. The van der Waals surface area contributed by atoms with E-state index in [2.05, 4.69) is 14.5 Å². The molecule has 0 saturated heterocycles. The summed E-state index contributed by atoms with van der Waals surface area (Å²) in [5, 5.41) is 8.21. The van der Waals surface area contributed by atoms with E-state index in [1.807, 2.05) is 20.0 Å². The van der Waals surface area contributed by atoms with Crippen molar-refractivity contribution in [3.05, 3.63) is 39.9 Å². The van der Waals surface area contributed by atoms with E-state index in [9.17, 15) is 0 Å². The molecule has 2 heterocycles. The molecule has 6 heteroatoms. The van der Waals surface area contributed by atoms with Gasteiger partial charge in [0.1, 0.15) is 5.82 Å². The van der Waals surface area contributed by atoms with E-state index in [0.29, 0.717) is 10.7 Å². The predicted molar refractivity (Wildman–Crippen MR) is 86.4 cm³/mol. The number of nitrogens with zero attached hydrogens (tertiary/aromatic N) is 3. The summed E-state index contributed by atoms with van der Waals surface area (Å²) in [4.78, 5) is 6.81. The Kier molecular flexibility index (Phi) is 3.37. The average Bonchev–Trinajstić information content (AvgIpc) is 2.73. The highest BCUT2D eigenvalue weighted by Gasteiger charge is 2.23. The first-order valence-corrected chi connectivity index (χ1v) is 7.24. The number of hydrogen-bond donors (Lipinski definition) is 2. The van der Waals surface area contributed by atoms with Crippen LogP contribution in [0, 0.1) is 12.3 Å². The maximum atomic E-state index is 7.61. The molecule has 0 amide bonds. The molecule has 1 aliphatic rings. The normalized spacial score (nSPS) is 14.1. The molecule has 110 valence electrons. The zero-order valence-electron chi connectivity index (χ0n) is 12.2. The van der Waals surface area contributed by atoms with Gasteiger partial charge in [-0.05, 0) is 19.1 Å². The highest BCUT2D eigenvalue weighted by Crippen LogP contribution is 2.32. The third kappa shape index (κ3) is 2.27. The van der Waals surface area contributed by atoms with Crippen molar-refractivity contribution in [1.82, 2.24) is 9.55 Å². The van der Waals surface area contributed by atoms with Crippen LogP contribution in [0.4, 0.5) is 11.4 Å². The third-order valence-corrected chi connectivity index (χ3v) is 4.34. The van der Waals surface area contributed by atoms with Crippen LogP contribution in [0.2, 0.25) is 5.02 Å². The van der Waals surface area contributed by atoms with Crippen molar-refractivity contribution >= 4 is 29.2 Å². The first kappa shape index (κ1) is 13.9. The van der Waals surface area contributed by atoms with Crippen LogP contribution in [0.5, 0.6) is 0 Å². The summed E-state index contributed by atoms with van der Waals surface area (Å²) in [6, 6.07) is 3.57. The number of aryl methyl sites for hydroxylation is 1. The number of nitrogens with one attached hydrogen (secondary N) is 1. The lowest BCUT2D eigenvalue weighted by Gasteiger charge is -2.30. The number of hydrogen-bond acceptors (Lipinski definition) is 4. The molecule has 2 aromatic rings. The Bertz CT molecular complexity index is 719. The van der Waals surface area contributed by atoms with Crippen molar-refractivity contribution in [2.24, 2.45) is 7.05 Å². The van der Waals surface area contributed by atoms with E-state index in [0.717, 1.165) is 42.3 Å². The van der Waals surface area contributed by atoms with Crippen LogP contribution >= 0.6 is 11.6 Å². The number of aromatic nitrogens is 2. The fourth-order valence-corrected chi connectivity index (χ4v) is 3.09. The minimum atomic E-state index is 0.541. The summed E-state index contributed by atoms with van der Waals surface area (Å²) in [5.74, 6) is 1.03. The summed E-state index contributed by atoms with van der Waals surface area (Å²) >= 11 is 6.13. The number of rotatable bonds is 2. The SMILES string of the molecule is Cc1nc2c(n1C)CN(c1cc(Cl)cc(N)c1C=N)CC2. The molecule has 1 aromatic heterocycles. The van der Waals surface area contributed by atoms with Gasteiger partial charge in [0.15, 0.2) is 0 Å². The standard InChI is InChI=1S/C15H18ClN5/c1-9-19-13-3-4-21(8-15(13)20(9)2)14-6-10(16)5-12(18)11(14)7-17/h5-7,17H,3-4,8,18H2,1-2H3. The van der Waals surface area contributed by atoms with E-state index in [1.54, 1.807) is 6.07 Å². The van der Waals surface area contributed by atoms with E-state index in [1.165, 1.54) is 11.9 Å². The van der Waals surface area contributed by atoms with Crippen molar-refractivity contribution in [1.29, 1.82) is 5.41 Å². The fourth-order valence-electron chi connectivity index (χ4n) is 2.87. The van der Waals surface area contributed by atoms with E-state index in [4.69, 9.17) is 22.7 Å². The number of fused-ring (bicyclic) bond motifs is 1. The van der Waals surface area contributed by atoms with Gasteiger partial charge >= 0.3 is 0 Å². The molecule has 0 spiro atoms. The monoisotopic (exact) mass is 303 g/mol. The van der Waals surface area contributed by atoms with Gasteiger partial charge in [-0.3, -0.25) is 0 Å². The van der Waals surface area contributed by atoms with E-state index >= 15 is 0 Å². The van der Waals surface area contributed by atoms with Crippen LogP contribution < -0.4 is 10.6 Å². The molecule has 21 heavy (non-hydrogen) atoms. The van der Waals surface area contributed by atoms with Crippen molar-refractivity contribution in [2.45, 2.75) is 19.9 Å². The molecule has 0 fully saturated rings. The molecule has 0 saturated carbocycles. The minimum absolute atomic E-state index is 0.541. The van der Waals surface area contributed by atoms with E-state index < -0.39 is 0 Å². The van der Waals surface area contributed by atoms with Crippen molar-refractivity contribution in [2.75, 3.05) is 17.2 Å². The number of halogens is 1. The lowest BCUT2D eigenvalue weighted by molar-refractivity contribution is 0.676. The van der Waals surface area contributed by atoms with Crippen LogP contribution in [0.15, 0.2) is 12.1 Å². The Hall–Kier alpha value is -2.01. The Balaban J connectivity index is 2.03. The van der Waals surface area contributed by atoms with Crippen LogP contribution in [-0.2, 0) is 20.0 Å². The molecule has 0 aliphatic carbocycles. The van der Waals surface area contributed by atoms with Gasteiger partial charge in [-0.1, -0.05) is 11.6 Å². The maximum absolute atomic E-state index is 7.61. The Morgan fingerprint density at radius 3 is 2.90 bits per heavy atom. The van der Waals surface area contributed by atoms with Crippen LogP contribution in [0.3, 0.4) is 0 Å². The molecule has 1 aliphatic heterocycles. The summed E-state index contributed by atoms with van der Waals surface area (Å²) in [5.41, 5.74) is 10.5. The molecule has 3 N–H and O–H groups in total. The minimum Gasteiger partial charge on any atom is -0.398 e. The molecule has 0 atom stereocenters. The number of nitrogens with two attached hydrogens (primary N) is 1. The molecule has 3 rings (SSSR count). The van der Waals surface area contributed by atoms with Crippen LogP contribution in [0.1, 0.15) is 22.8 Å². The van der Waals surface area contributed by atoms with Gasteiger partial charge in [-0.25, -0.2) is 4.98 Å². The first-order valence-electron chi connectivity index (χ1n) is 6.86. The van der Waals surface area contributed by atoms with Crippen molar-refractivity contribution in [3.8, 4) is 0 Å². The quantitative estimate of drug-likeness (QED) is 0.661. The maximum Gasteiger partial charge on any atom is 0.105 e. The second-order valence-corrected chi connectivity index (χ2v) is 5.79. The molecular weight excluding hydrogens is 286 g/mol. The highest BCUT2D eigenvalue weighted by molar-refractivity contribution is 6.31. The molecule has 0 unspecified atom stereocenters. The fraction of sp³-hybridized carbons (Fsp3) is 0.333. The van der Waals surface area contributed by atoms with E-state index in [-0.39, 0.29) is 0 Å². The lowest BCUT2D eigenvalue weighted by Crippen LogP contribution is -2.32. The predicted octanol–water partition coefficient (Wildman–Crippen LogP) is 2.52. The van der Waals surface area contributed by atoms with Crippen molar-refractivity contribution < 1.29 is 0 Å². The van der Waals surface area contributed by atoms with Gasteiger partial charge in [-0.2, -0.15) is 0 Å². The molecule has 0 bridgehead atoms. The van der Waals surface area contributed by atoms with Crippen LogP contribution in [-0.4, -0.2) is 22.3 Å². The lowest BCUT2D eigenvalue weighted by atomic mass is 10.1. The second kappa shape index (κ2) is 5.07. The number of nitrogen functional groups attached to an aromatic ring is 1. The summed E-state index contributed by atoms with van der Waals surface area (Å²) in [7, 11) is 2.04. The highest BCUT2D eigenvalue weighted by atomic mass is 35.5. The summed E-state index contributed by atoms with van der Waals surface area (Å²) in [6.07, 6.45) is 2.19. The zero-order valence-corrected chi connectivity index (χ0v) is 12.9. The van der Waals surface area contributed by atoms with Gasteiger partial charge in [0.2, 0.25) is 0 Å². The molecule has 1 aromatic carbocycles. The Morgan fingerprint density at radius 2 is 2.19 bits per heavy atom. The second-order valence-electron chi connectivity index (χ2n) is 5.36. The number of imidazole rings is 1. The summed E-state index contributed by atoms with van der Waals surface area (Å²) in [6.45, 7) is 3.63.